The van der Waals surface area contributed by atoms with Crippen LogP contribution in [0.15, 0.2) is 60.7 Å². The second-order valence-corrected chi connectivity index (χ2v) is 9.74. The van der Waals surface area contributed by atoms with Crippen LogP contribution < -0.4 is 4.90 Å². The standard InChI is InChI=1S/C27H32N2O3/c30-25(32-26(31)29-16-14-28(15-17-29)24-11-5-2-6-12-24)22-10-7-13-27(19-22)20-23(27)18-21-8-3-1-4-9-21/h1-6,8-9,11-12,22-23H,7,10,13-20H2/t22-,23?,27?/m0/s1. The first-order valence-corrected chi connectivity index (χ1v) is 12.0. The number of carbonyl (C=O) groups is 2. The van der Waals surface area contributed by atoms with E-state index in [4.69, 9.17) is 4.74 Å². The summed E-state index contributed by atoms with van der Waals surface area (Å²) in [4.78, 5) is 29.4. The Bertz CT molecular complexity index is 940. The van der Waals surface area contributed by atoms with Gasteiger partial charge in [0.05, 0.1) is 5.92 Å². The maximum atomic E-state index is 12.8. The van der Waals surface area contributed by atoms with Crippen molar-refractivity contribution in [3.8, 4) is 0 Å². The zero-order chi connectivity index (χ0) is 22.0. The van der Waals surface area contributed by atoms with Gasteiger partial charge >= 0.3 is 12.1 Å². The molecule has 0 aromatic heterocycles. The Balaban J connectivity index is 1.11. The molecule has 0 radical (unpaired) electrons. The number of piperazine rings is 1. The van der Waals surface area contributed by atoms with Crippen LogP contribution in [-0.4, -0.2) is 43.1 Å². The molecule has 3 fully saturated rings. The third-order valence-electron chi connectivity index (χ3n) is 7.74. The molecule has 5 rings (SSSR count). The molecular formula is C27H32N2O3. The van der Waals surface area contributed by atoms with E-state index in [1.54, 1.807) is 4.90 Å². The van der Waals surface area contributed by atoms with Gasteiger partial charge < -0.3 is 14.5 Å². The van der Waals surface area contributed by atoms with Crippen molar-refractivity contribution >= 4 is 17.7 Å². The van der Waals surface area contributed by atoms with Crippen molar-refractivity contribution in [2.45, 2.75) is 38.5 Å². The minimum absolute atomic E-state index is 0.140. The van der Waals surface area contributed by atoms with Crippen LogP contribution in [0.5, 0.6) is 0 Å². The number of carbonyl (C=O) groups excluding carboxylic acids is 2. The molecule has 32 heavy (non-hydrogen) atoms. The highest BCUT2D eigenvalue weighted by Gasteiger charge is 2.56. The Labute approximate surface area is 190 Å². The minimum Gasteiger partial charge on any atom is -0.376 e. The second-order valence-electron chi connectivity index (χ2n) is 9.74. The van der Waals surface area contributed by atoms with Crippen molar-refractivity contribution in [1.82, 2.24) is 4.90 Å². The van der Waals surface area contributed by atoms with E-state index in [0.717, 1.165) is 38.8 Å². The average molecular weight is 433 g/mol. The predicted molar refractivity (Wildman–Crippen MR) is 124 cm³/mol. The number of para-hydroxylation sites is 1. The third-order valence-corrected chi connectivity index (χ3v) is 7.74. The fourth-order valence-electron chi connectivity index (χ4n) is 5.79. The summed E-state index contributed by atoms with van der Waals surface area (Å²) in [6.07, 6.45) is 5.78. The molecule has 3 aliphatic rings. The molecule has 1 amide bonds. The number of benzene rings is 2. The maximum Gasteiger partial charge on any atom is 0.417 e. The topological polar surface area (TPSA) is 49.9 Å². The maximum absolute atomic E-state index is 12.8. The van der Waals surface area contributed by atoms with Gasteiger partial charge in [0, 0.05) is 31.9 Å². The first-order chi connectivity index (χ1) is 15.6. The highest BCUT2D eigenvalue weighted by Crippen LogP contribution is 2.63. The SMILES string of the molecule is O=C(OC(=O)N1CCN(c2ccccc2)CC1)[C@H]1CCCC2(CC2Cc2ccccc2)C1. The molecular weight excluding hydrogens is 400 g/mol. The molecule has 1 saturated heterocycles. The molecule has 168 valence electrons. The number of hydrogen-bond donors (Lipinski definition) is 0. The molecule has 2 aliphatic carbocycles. The summed E-state index contributed by atoms with van der Waals surface area (Å²) >= 11 is 0. The number of esters is 1. The van der Waals surface area contributed by atoms with Gasteiger partial charge in [0.25, 0.3) is 0 Å². The zero-order valence-electron chi connectivity index (χ0n) is 18.6. The van der Waals surface area contributed by atoms with Gasteiger partial charge in [0.1, 0.15) is 0 Å². The minimum atomic E-state index is -0.473. The lowest BCUT2D eigenvalue weighted by Crippen LogP contribution is -2.49. The van der Waals surface area contributed by atoms with Gasteiger partial charge in [-0.25, -0.2) is 4.79 Å². The average Bonchev–Trinajstić information content (AvgIpc) is 3.49. The van der Waals surface area contributed by atoms with Crippen molar-refractivity contribution in [2.75, 3.05) is 31.1 Å². The van der Waals surface area contributed by atoms with E-state index in [1.165, 1.54) is 24.1 Å². The smallest absolute Gasteiger partial charge is 0.376 e. The van der Waals surface area contributed by atoms with Crippen LogP contribution in [0.25, 0.3) is 0 Å². The van der Waals surface area contributed by atoms with E-state index in [1.807, 2.05) is 18.2 Å². The van der Waals surface area contributed by atoms with Crippen molar-refractivity contribution in [3.63, 3.8) is 0 Å². The summed E-state index contributed by atoms with van der Waals surface area (Å²) in [5.74, 6) is 0.200. The molecule has 0 bridgehead atoms. The monoisotopic (exact) mass is 432 g/mol. The third kappa shape index (κ3) is 4.52. The van der Waals surface area contributed by atoms with Crippen LogP contribution in [0.4, 0.5) is 10.5 Å². The van der Waals surface area contributed by atoms with Crippen LogP contribution in [0.1, 0.15) is 37.7 Å². The van der Waals surface area contributed by atoms with Gasteiger partial charge in [0.15, 0.2) is 0 Å². The Morgan fingerprint density at radius 2 is 1.59 bits per heavy atom. The molecule has 5 heteroatoms. The van der Waals surface area contributed by atoms with Gasteiger partial charge in [-0.05, 0) is 61.1 Å². The lowest BCUT2D eigenvalue weighted by atomic mass is 9.77. The van der Waals surface area contributed by atoms with E-state index in [0.29, 0.717) is 19.0 Å². The summed E-state index contributed by atoms with van der Waals surface area (Å²) in [5.41, 5.74) is 2.82. The molecule has 2 unspecified atom stereocenters. The number of amides is 1. The van der Waals surface area contributed by atoms with Gasteiger partial charge in [-0.15, -0.1) is 0 Å². The van der Waals surface area contributed by atoms with Crippen LogP contribution >= 0.6 is 0 Å². The fraction of sp³-hybridized carbons (Fsp3) is 0.481. The quantitative estimate of drug-likeness (QED) is 0.509. The van der Waals surface area contributed by atoms with Gasteiger partial charge in [-0.1, -0.05) is 55.0 Å². The van der Waals surface area contributed by atoms with Crippen LogP contribution in [-0.2, 0) is 16.0 Å². The van der Waals surface area contributed by atoms with E-state index >= 15 is 0 Å². The summed E-state index contributed by atoms with van der Waals surface area (Å²) < 4.78 is 5.37. The molecule has 2 aromatic carbocycles. The van der Waals surface area contributed by atoms with Gasteiger partial charge in [-0.2, -0.15) is 0 Å². The Morgan fingerprint density at radius 3 is 2.31 bits per heavy atom. The highest BCUT2D eigenvalue weighted by molar-refractivity contribution is 5.86. The molecule has 2 saturated carbocycles. The molecule has 2 aromatic rings. The number of nitrogens with zero attached hydrogens (tertiary/aromatic N) is 2. The Hall–Kier alpha value is -2.82. The number of rotatable bonds is 4. The molecule has 3 atom stereocenters. The second kappa shape index (κ2) is 8.97. The number of ether oxygens (including phenoxy) is 1. The number of anilines is 1. The highest BCUT2D eigenvalue weighted by atomic mass is 16.6. The molecule has 1 spiro atoms. The molecule has 1 heterocycles. The van der Waals surface area contributed by atoms with E-state index in [9.17, 15) is 9.59 Å². The number of hydrogen-bond acceptors (Lipinski definition) is 4. The van der Waals surface area contributed by atoms with Crippen molar-refractivity contribution < 1.29 is 14.3 Å². The van der Waals surface area contributed by atoms with Crippen LogP contribution in [0.3, 0.4) is 0 Å². The summed E-state index contributed by atoms with van der Waals surface area (Å²) in [7, 11) is 0. The van der Waals surface area contributed by atoms with Gasteiger partial charge in [0.2, 0.25) is 0 Å². The largest absolute Gasteiger partial charge is 0.417 e. The van der Waals surface area contributed by atoms with E-state index in [2.05, 4.69) is 47.4 Å². The van der Waals surface area contributed by atoms with Crippen LogP contribution in [0, 0.1) is 17.3 Å². The lowest BCUT2D eigenvalue weighted by molar-refractivity contribution is -0.145. The van der Waals surface area contributed by atoms with E-state index in [-0.39, 0.29) is 17.3 Å². The predicted octanol–water partition coefficient (Wildman–Crippen LogP) is 4.91. The van der Waals surface area contributed by atoms with Gasteiger partial charge in [-0.3, -0.25) is 4.79 Å². The first kappa shape index (κ1) is 21.0. The zero-order valence-corrected chi connectivity index (χ0v) is 18.6. The van der Waals surface area contributed by atoms with Crippen molar-refractivity contribution in [2.24, 2.45) is 17.3 Å². The normalized spacial score (nSPS) is 27.2. The van der Waals surface area contributed by atoms with Crippen molar-refractivity contribution in [3.05, 3.63) is 66.2 Å². The summed E-state index contributed by atoms with van der Waals surface area (Å²) in [5, 5.41) is 0. The Kier molecular flexibility index (Phi) is 5.90. The lowest BCUT2D eigenvalue weighted by Gasteiger charge is -2.35. The summed E-state index contributed by atoms with van der Waals surface area (Å²) in [6, 6.07) is 20.8. The first-order valence-electron chi connectivity index (χ1n) is 12.0. The summed E-state index contributed by atoms with van der Waals surface area (Å²) in [6.45, 7) is 2.66. The Morgan fingerprint density at radius 1 is 0.906 bits per heavy atom. The molecule has 1 aliphatic heterocycles. The van der Waals surface area contributed by atoms with Crippen molar-refractivity contribution in [1.29, 1.82) is 0 Å². The molecule has 5 nitrogen and oxygen atoms in total. The van der Waals surface area contributed by atoms with Crippen LogP contribution in [0.2, 0.25) is 0 Å². The fourth-order valence-corrected chi connectivity index (χ4v) is 5.79. The van der Waals surface area contributed by atoms with E-state index < -0.39 is 6.09 Å². The molecule has 0 N–H and O–H groups in total.